The van der Waals surface area contributed by atoms with Crippen LogP contribution in [0, 0.1) is 6.92 Å². The van der Waals surface area contributed by atoms with Gasteiger partial charge in [0.1, 0.15) is 11.5 Å². The zero-order valence-corrected chi connectivity index (χ0v) is 21.7. The van der Waals surface area contributed by atoms with Gasteiger partial charge in [-0.3, -0.25) is 9.59 Å². The molecule has 1 N–H and O–H groups in total. The van der Waals surface area contributed by atoms with Crippen molar-refractivity contribution in [1.29, 1.82) is 0 Å². The molecule has 1 aromatic heterocycles. The van der Waals surface area contributed by atoms with Crippen LogP contribution in [0.5, 0.6) is 5.75 Å². The predicted octanol–water partition coefficient (Wildman–Crippen LogP) is 4.99. The number of aromatic nitrogens is 1. The molecule has 8 nitrogen and oxygen atoms in total. The number of aryl methyl sites for hydroxylation is 2. The molecule has 0 aliphatic carbocycles. The number of rotatable bonds is 5. The second kappa shape index (κ2) is 9.54. The minimum absolute atomic E-state index is 0.0235. The number of fused-ring (bicyclic) bond motifs is 5. The van der Waals surface area contributed by atoms with Crippen LogP contribution in [-0.4, -0.2) is 45.1 Å². The fourth-order valence-corrected chi connectivity index (χ4v) is 4.77. The Morgan fingerprint density at radius 3 is 2.55 bits per heavy atom. The average Bonchev–Trinajstić information content (AvgIpc) is 3.12. The lowest BCUT2D eigenvalue weighted by molar-refractivity contribution is -0.161. The Kier molecular flexibility index (Phi) is 6.36. The summed E-state index contributed by atoms with van der Waals surface area (Å²) in [7, 11) is 0. The summed E-state index contributed by atoms with van der Waals surface area (Å²) >= 11 is 0. The first-order valence-electron chi connectivity index (χ1n) is 12.5. The van der Waals surface area contributed by atoms with Gasteiger partial charge in [-0.1, -0.05) is 29.4 Å². The van der Waals surface area contributed by atoms with Gasteiger partial charge in [0.05, 0.1) is 23.1 Å². The highest BCUT2D eigenvalue weighted by Crippen LogP contribution is 2.40. The largest absolute Gasteiger partial charge is 0.492 e. The van der Waals surface area contributed by atoms with Gasteiger partial charge in [0, 0.05) is 35.0 Å². The van der Waals surface area contributed by atoms with Crippen LogP contribution in [0.25, 0.3) is 21.8 Å². The fraction of sp³-hybridized carbons (Fsp3) is 0.267. The minimum Gasteiger partial charge on any atom is -0.492 e. The summed E-state index contributed by atoms with van der Waals surface area (Å²) in [5.74, 6) is -1.06. The van der Waals surface area contributed by atoms with Gasteiger partial charge in [0.2, 0.25) is 5.78 Å². The smallest absolute Gasteiger partial charge is 0.365 e. The van der Waals surface area contributed by atoms with Gasteiger partial charge in [-0.05, 0) is 63.6 Å². The fourth-order valence-electron chi connectivity index (χ4n) is 4.77. The Balaban J connectivity index is 1.66. The highest BCUT2D eigenvalue weighted by molar-refractivity contribution is 6.47. The maximum atomic E-state index is 13.4. The summed E-state index contributed by atoms with van der Waals surface area (Å²) < 4.78 is 8.23. The van der Waals surface area contributed by atoms with E-state index in [9.17, 15) is 19.5 Å². The molecule has 8 heteroatoms. The van der Waals surface area contributed by atoms with Gasteiger partial charge in [0.25, 0.3) is 0 Å². The molecule has 194 valence electrons. The third-order valence-corrected chi connectivity index (χ3v) is 6.78. The minimum atomic E-state index is -1.74. The Labute approximate surface area is 219 Å². The topological polar surface area (TPSA) is 107 Å². The molecule has 38 heavy (non-hydrogen) atoms. The number of ether oxygens (including phenoxy) is 1. The molecular formula is C30H28N2O6. The first kappa shape index (κ1) is 25.4. The third-order valence-electron chi connectivity index (χ3n) is 6.78. The summed E-state index contributed by atoms with van der Waals surface area (Å²) in [4.78, 5) is 43.6. The van der Waals surface area contributed by atoms with Crippen LogP contribution in [0.3, 0.4) is 0 Å². The lowest BCUT2D eigenvalue weighted by Gasteiger charge is -2.12. The van der Waals surface area contributed by atoms with Crippen LogP contribution in [0.1, 0.15) is 59.0 Å². The number of carbonyl (C=O) groups excluding carboxylic acids is 3. The Hall–Kier alpha value is -4.30. The van der Waals surface area contributed by atoms with E-state index in [0.29, 0.717) is 29.0 Å². The lowest BCUT2D eigenvalue weighted by atomic mass is 9.97. The van der Waals surface area contributed by atoms with Crippen LogP contribution >= 0.6 is 0 Å². The summed E-state index contributed by atoms with van der Waals surface area (Å²) in [6.45, 7) is 7.31. The SMILES string of the molecule is CCn1c2ccc(C(=O)c3ccccc3C)cc2c2c3c(ccc21)C(=O)/C(=N/OC(=O)C(C)(C)O)CCO3. The summed E-state index contributed by atoms with van der Waals surface area (Å²) in [6, 6.07) is 16.6. The molecule has 3 aromatic carbocycles. The van der Waals surface area contributed by atoms with Crippen molar-refractivity contribution in [3.8, 4) is 5.75 Å². The molecule has 0 bridgehead atoms. The first-order valence-corrected chi connectivity index (χ1v) is 12.5. The molecule has 4 aromatic rings. The van der Waals surface area contributed by atoms with Crippen molar-refractivity contribution in [2.75, 3.05) is 6.61 Å². The van der Waals surface area contributed by atoms with Gasteiger partial charge in [0.15, 0.2) is 11.4 Å². The van der Waals surface area contributed by atoms with E-state index in [-0.39, 0.29) is 24.5 Å². The van der Waals surface area contributed by atoms with Gasteiger partial charge in [-0.25, -0.2) is 4.79 Å². The monoisotopic (exact) mass is 512 g/mol. The van der Waals surface area contributed by atoms with E-state index in [1.54, 1.807) is 6.07 Å². The van der Waals surface area contributed by atoms with Crippen LogP contribution < -0.4 is 4.74 Å². The normalized spacial score (nSPS) is 14.9. The lowest BCUT2D eigenvalue weighted by Crippen LogP contribution is -2.32. The molecule has 0 atom stereocenters. The van der Waals surface area contributed by atoms with E-state index < -0.39 is 17.4 Å². The Morgan fingerprint density at radius 2 is 1.84 bits per heavy atom. The number of carbonyl (C=O) groups is 3. The molecule has 0 spiro atoms. The highest BCUT2D eigenvalue weighted by atomic mass is 16.7. The molecule has 0 saturated carbocycles. The second-order valence-electron chi connectivity index (χ2n) is 9.86. The van der Waals surface area contributed by atoms with Gasteiger partial charge >= 0.3 is 5.97 Å². The van der Waals surface area contributed by atoms with Crippen molar-refractivity contribution in [2.24, 2.45) is 5.16 Å². The third kappa shape index (κ3) is 4.26. The molecule has 1 aliphatic heterocycles. The molecule has 1 aliphatic rings. The average molecular weight is 513 g/mol. The summed E-state index contributed by atoms with van der Waals surface area (Å²) in [5.41, 5.74) is 2.45. The van der Waals surface area contributed by atoms with Crippen LogP contribution in [0.2, 0.25) is 0 Å². The van der Waals surface area contributed by atoms with E-state index in [1.807, 2.05) is 62.4 Å². The molecule has 0 fully saturated rings. The molecule has 0 radical (unpaired) electrons. The van der Waals surface area contributed by atoms with E-state index in [4.69, 9.17) is 9.57 Å². The number of oxime groups is 1. The van der Waals surface area contributed by atoms with Crippen molar-refractivity contribution >= 4 is 45.1 Å². The molecule has 5 rings (SSSR count). The number of Topliss-reactive ketones (excluding diaryl/α,β-unsaturated/α-hetero) is 1. The maximum Gasteiger partial charge on any atom is 0.365 e. The Bertz CT molecular complexity index is 1660. The van der Waals surface area contributed by atoms with Gasteiger partial charge in [-0.2, -0.15) is 0 Å². The molecule has 0 saturated heterocycles. The quantitative estimate of drug-likeness (QED) is 0.229. The van der Waals surface area contributed by atoms with Crippen LogP contribution in [-0.2, 0) is 16.2 Å². The first-order chi connectivity index (χ1) is 18.1. The number of nitrogens with zero attached hydrogens (tertiary/aromatic N) is 2. The molecular weight excluding hydrogens is 484 g/mol. The standard InChI is InChI=1S/C30H28N2O6/c1-5-32-23-12-10-18(26(33)19-9-7-6-8-17(19)2)16-21(23)25-24(32)13-11-20-27(34)22(14-15-37-28(20)25)31-38-29(35)30(3,4)36/h6-13,16,36H,5,14-15H2,1-4H3/b31-22+. The number of aliphatic hydroxyl groups is 1. The number of hydrogen-bond acceptors (Lipinski definition) is 7. The number of benzene rings is 3. The number of ketones is 2. The van der Waals surface area contributed by atoms with Crippen molar-refractivity contribution < 1.29 is 29.1 Å². The maximum absolute atomic E-state index is 13.4. The second-order valence-corrected chi connectivity index (χ2v) is 9.86. The van der Waals surface area contributed by atoms with Gasteiger partial charge < -0.3 is 19.2 Å². The highest BCUT2D eigenvalue weighted by Gasteiger charge is 2.30. The van der Waals surface area contributed by atoms with Crippen molar-refractivity contribution in [3.05, 3.63) is 76.9 Å². The van der Waals surface area contributed by atoms with Crippen molar-refractivity contribution in [3.63, 3.8) is 0 Å². The van der Waals surface area contributed by atoms with Gasteiger partial charge in [-0.15, -0.1) is 0 Å². The summed E-state index contributed by atoms with van der Waals surface area (Å²) in [5, 5.41) is 15.1. The van der Waals surface area contributed by atoms with E-state index >= 15 is 0 Å². The van der Waals surface area contributed by atoms with E-state index in [2.05, 4.69) is 9.72 Å². The van der Waals surface area contributed by atoms with E-state index in [0.717, 1.165) is 27.4 Å². The van der Waals surface area contributed by atoms with Crippen LogP contribution in [0.4, 0.5) is 0 Å². The zero-order chi connectivity index (χ0) is 27.2. The molecule has 0 unspecified atom stereocenters. The van der Waals surface area contributed by atoms with Crippen molar-refractivity contribution in [2.45, 2.75) is 46.3 Å². The summed E-state index contributed by atoms with van der Waals surface area (Å²) in [6.07, 6.45) is 0.123. The predicted molar refractivity (Wildman–Crippen MR) is 144 cm³/mol. The number of hydrogen-bond donors (Lipinski definition) is 1. The molecule has 2 heterocycles. The van der Waals surface area contributed by atoms with Crippen LogP contribution in [0.15, 0.2) is 59.8 Å². The van der Waals surface area contributed by atoms with E-state index in [1.165, 1.54) is 13.8 Å². The zero-order valence-electron chi connectivity index (χ0n) is 21.7. The molecule has 0 amide bonds. The van der Waals surface area contributed by atoms with Crippen molar-refractivity contribution in [1.82, 2.24) is 4.57 Å². The Morgan fingerprint density at radius 1 is 1.11 bits per heavy atom.